The monoisotopic (exact) mass is 234 g/mol. The number of rotatable bonds is 5. The molecule has 0 aliphatic rings. The highest BCUT2D eigenvalue weighted by molar-refractivity contribution is 7.80. The standard InChI is InChI=1S/C8H14N2O4S/c1-3-10(5-7(13)14)8(15)9(2)4-6(11)12/h3-5H2,1-2H3,(H,11,12)(H,13,14). The lowest BCUT2D eigenvalue weighted by Crippen LogP contribution is -2.45. The van der Waals surface area contributed by atoms with Crippen molar-refractivity contribution >= 4 is 29.3 Å². The summed E-state index contributed by atoms with van der Waals surface area (Å²) in [4.78, 5) is 23.6. The van der Waals surface area contributed by atoms with E-state index in [1.807, 2.05) is 0 Å². The van der Waals surface area contributed by atoms with Gasteiger partial charge in [0.2, 0.25) is 0 Å². The molecule has 2 N–H and O–H groups in total. The van der Waals surface area contributed by atoms with Crippen molar-refractivity contribution in [1.82, 2.24) is 9.80 Å². The first-order chi connectivity index (χ1) is 6.88. The van der Waals surface area contributed by atoms with E-state index in [2.05, 4.69) is 0 Å². The number of carboxylic acid groups (broad SMARTS) is 2. The summed E-state index contributed by atoms with van der Waals surface area (Å²) in [5.41, 5.74) is 0. The quantitative estimate of drug-likeness (QED) is 0.632. The zero-order valence-electron chi connectivity index (χ0n) is 8.63. The van der Waals surface area contributed by atoms with Crippen LogP contribution in [0.3, 0.4) is 0 Å². The lowest BCUT2D eigenvalue weighted by molar-refractivity contribution is -0.137. The fourth-order valence-corrected chi connectivity index (χ4v) is 1.25. The minimum atomic E-state index is -1.01. The van der Waals surface area contributed by atoms with Gasteiger partial charge in [-0.1, -0.05) is 0 Å². The predicted octanol–water partition coefficient (Wildman–Crippen LogP) is -0.306. The number of nitrogens with zero attached hydrogens (tertiary/aromatic N) is 2. The summed E-state index contributed by atoms with van der Waals surface area (Å²) < 4.78 is 0. The second-order valence-corrected chi connectivity index (χ2v) is 3.31. The maximum absolute atomic E-state index is 10.5. The molecule has 0 aromatic rings. The fraction of sp³-hybridized carbons (Fsp3) is 0.625. The van der Waals surface area contributed by atoms with Crippen molar-refractivity contribution in [2.45, 2.75) is 6.92 Å². The molecule has 0 saturated carbocycles. The predicted molar refractivity (Wildman–Crippen MR) is 57.7 cm³/mol. The summed E-state index contributed by atoms with van der Waals surface area (Å²) >= 11 is 4.96. The van der Waals surface area contributed by atoms with Crippen molar-refractivity contribution in [3.05, 3.63) is 0 Å². The molecule has 6 nitrogen and oxygen atoms in total. The van der Waals surface area contributed by atoms with Gasteiger partial charge in [0, 0.05) is 13.6 Å². The van der Waals surface area contributed by atoms with E-state index in [-0.39, 0.29) is 18.2 Å². The lowest BCUT2D eigenvalue weighted by atomic mass is 10.5. The summed E-state index contributed by atoms with van der Waals surface area (Å²) in [5.74, 6) is -2.01. The smallest absolute Gasteiger partial charge is 0.323 e. The van der Waals surface area contributed by atoms with Gasteiger partial charge in [0.05, 0.1) is 0 Å². The first-order valence-corrected chi connectivity index (χ1v) is 4.73. The molecule has 0 bridgehead atoms. The topological polar surface area (TPSA) is 81.1 Å². The van der Waals surface area contributed by atoms with Crippen LogP contribution in [0.1, 0.15) is 6.92 Å². The molecule has 0 radical (unpaired) electrons. The van der Waals surface area contributed by atoms with Gasteiger partial charge in [0.25, 0.3) is 0 Å². The minimum absolute atomic E-state index is 0.223. The van der Waals surface area contributed by atoms with E-state index in [0.717, 1.165) is 0 Å². The zero-order chi connectivity index (χ0) is 12.0. The van der Waals surface area contributed by atoms with Crippen LogP contribution in [-0.4, -0.2) is 63.7 Å². The molecule has 0 unspecified atom stereocenters. The number of carboxylic acids is 2. The van der Waals surface area contributed by atoms with Crippen LogP contribution in [-0.2, 0) is 9.59 Å². The van der Waals surface area contributed by atoms with Gasteiger partial charge in [0.1, 0.15) is 13.1 Å². The zero-order valence-corrected chi connectivity index (χ0v) is 9.45. The third-order valence-electron chi connectivity index (χ3n) is 1.68. The fourth-order valence-electron chi connectivity index (χ4n) is 0.990. The number of likely N-dealkylation sites (N-methyl/N-ethyl adjacent to an activating group) is 2. The number of carbonyl (C=O) groups is 2. The van der Waals surface area contributed by atoms with Crippen molar-refractivity contribution in [2.75, 3.05) is 26.7 Å². The second kappa shape index (κ2) is 6.18. The Balaban J connectivity index is 4.36. The molecular weight excluding hydrogens is 220 g/mol. The van der Waals surface area contributed by atoms with Gasteiger partial charge in [-0.25, -0.2) is 0 Å². The summed E-state index contributed by atoms with van der Waals surface area (Å²) in [6, 6.07) is 0. The van der Waals surface area contributed by atoms with Crippen molar-refractivity contribution < 1.29 is 19.8 Å². The Morgan fingerprint density at radius 1 is 1.20 bits per heavy atom. The lowest BCUT2D eigenvalue weighted by Gasteiger charge is -2.27. The Morgan fingerprint density at radius 2 is 1.67 bits per heavy atom. The van der Waals surface area contributed by atoms with E-state index < -0.39 is 11.9 Å². The molecule has 0 fully saturated rings. The number of aliphatic carboxylic acids is 2. The van der Waals surface area contributed by atoms with Gasteiger partial charge >= 0.3 is 11.9 Å². The van der Waals surface area contributed by atoms with E-state index in [1.54, 1.807) is 6.92 Å². The van der Waals surface area contributed by atoms with Gasteiger partial charge in [-0.3, -0.25) is 9.59 Å². The van der Waals surface area contributed by atoms with Gasteiger partial charge < -0.3 is 20.0 Å². The van der Waals surface area contributed by atoms with E-state index in [9.17, 15) is 9.59 Å². The van der Waals surface area contributed by atoms with E-state index in [1.165, 1.54) is 16.8 Å². The SMILES string of the molecule is CCN(CC(=O)O)C(=S)N(C)CC(=O)O. The molecule has 7 heteroatoms. The van der Waals surface area contributed by atoms with Crippen LogP contribution in [0.2, 0.25) is 0 Å². The van der Waals surface area contributed by atoms with Crippen LogP contribution in [0.4, 0.5) is 0 Å². The van der Waals surface area contributed by atoms with Gasteiger partial charge in [0.15, 0.2) is 5.11 Å². The summed E-state index contributed by atoms with van der Waals surface area (Å²) in [6.07, 6.45) is 0. The van der Waals surface area contributed by atoms with Gasteiger partial charge in [-0.15, -0.1) is 0 Å². The van der Waals surface area contributed by atoms with Crippen molar-refractivity contribution in [3.8, 4) is 0 Å². The Hall–Kier alpha value is -1.37. The Bertz CT molecular complexity index is 269. The molecule has 15 heavy (non-hydrogen) atoms. The first kappa shape index (κ1) is 13.6. The van der Waals surface area contributed by atoms with Crippen LogP contribution in [0, 0.1) is 0 Å². The molecular formula is C8H14N2O4S. The van der Waals surface area contributed by atoms with Crippen LogP contribution in [0.25, 0.3) is 0 Å². The van der Waals surface area contributed by atoms with Crippen molar-refractivity contribution in [2.24, 2.45) is 0 Å². The third-order valence-corrected chi connectivity index (χ3v) is 2.25. The first-order valence-electron chi connectivity index (χ1n) is 4.32. The number of hydrogen-bond donors (Lipinski definition) is 2. The number of thiocarbonyl (C=S) groups is 1. The summed E-state index contributed by atoms with van der Waals surface area (Å²) in [5, 5.41) is 17.3. The van der Waals surface area contributed by atoms with Crippen LogP contribution < -0.4 is 0 Å². The summed E-state index contributed by atoms with van der Waals surface area (Å²) in [6.45, 7) is 1.72. The second-order valence-electron chi connectivity index (χ2n) is 2.94. The molecule has 0 aromatic heterocycles. The van der Waals surface area contributed by atoms with Crippen LogP contribution in [0.5, 0.6) is 0 Å². The van der Waals surface area contributed by atoms with Gasteiger partial charge in [-0.05, 0) is 19.1 Å². The molecule has 0 aromatic carbocycles. The highest BCUT2D eigenvalue weighted by Gasteiger charge is 2.16. The average molecular weight is 234 g/mol. The minimum Gasteiger partial charge on any atom is -0.480 e. The highest BCUT2D eigenvalue weighted by Crippen LogP contribution is 1.97. The Kier molecular flexibility index (Phi) is 5.61. The van der Waals surface area contributed by atoms with Crippen LogP contribution >= 0.6 is 12.2 Å². The molecule has 0 atom stereocenters. The molecule has 0 heterocycles. The van der Waals surface area contributed by atoms with Crippen LogP contribution in [0.15, 0.2) is 0 Å². The third kappa shape index (κ3) is 5.16. The van der Waals surface area contributed by atoms with Gasteiger partial charge in [-0.2, -0.15) is 0 Å². The van der Waals surface area contributed by atoms with Crippen molar-refractivity contribution in [3.63, 3.8) is 0 Å². The molecule has 0 aliphatic heterocycles. The molecule has 0 aliphatic carbocycles. The largest absolute Gasteiger partial charge is 0.480 e. The highest BCUT2D eigenvalue weighted by atomic mass is 32.1. The maximum atomic E-state index is 10.5. The summed E-state index contributed by atoms with van der Waals surface area (Å²) in [7, 11) is 1.51. The molecule has 0 rings (SSSR count). The van der Waals surface area contributed by atoms with E-state index in [4.69, 9.17) is 22.4 Å². The molecule has 0 spiro atoms. The van der Waals surface area contributed by atoms with E-state index in [0.29, 0.717) is 6.54 Å². The maximum Gasteiger partial charge on any atom is 0.323 e. The normalized spacial score (nSPS) is 9.47. The molecule has 0 saturated heterocycles. The Labute approximate surface area is 93.1 Å². The molecule has 0 amide bonds. The van der Waals surface area contributed by atoms with Crippen molar-refractivity contribution in [1.29, 1.82) is 0 Å². The Morgan fingerprint density at radius 3 is 2.00 bits per heavy atom. The van der Waals surface area contributed by atoms with E-state index >= 15 is 0 Å². The molecule has 86 valence electrons. The number of hydrogen-bond acceptors (Lipinski definition) is 3. The average Bonchev–Trinajstić information content (AvgIpc) is 2.11.